The van der Waals surface area contributed by atoms with Crippen LogP contribution in [0.1, 0.15) is 5.56 Å². The Bertz CT molecular complexity index is 1440. The number of aryl methyl sites for hydroxylation is 1. The van der Waals surface area contributed by atoms with Crippen LogP contribution in [0.25, 0.3) is 0 Å². The summed E-state index contributed by atoms with van der Waals surface area (Å²) in [6.45, 7) is 1.82. The molecule has 0 bridgehead atoms. The van der Waals surface area contributed by atoms with Crippen molar-refractivity contribution in [3.63, 3.8) is 0 Å². The lowest BCUT2D eigenvalue weighted by molar-refractivity contribution is 0.463. The van der Waals surface area contributed by atoms with Gasteiger partial charge in [0, 0.05) is 10.7 Å². The Balaban J connectivity index is 0.000000320. The fourth-order valence-corrected chi connectivity index (χ4v) is 20.5. The third-order valence-electron chi connectivity index (χ3n) is 4.81. The van der Waals surface area contributed by atoms with E-state index in [1.807, 2.05) is 6.92 Å². The predicted octanol–water partition coefficient (Wildman–Crippen LogP) is 11.1. The van der Waals surface area contributed by atoms with Gasteiger partial charge in [-0.2, -0.15) is 0 Å². The van der Waals surface area contributed by atoms with Crippen LogP contribution >= 0.6 is 203 Å². The Hall–Kier alpha value is 3.71. The van der Waals surface area contributed by atoms with Crippen molar-refractivity contribution in [1.82, 2.24) is 0 Å². The predicted molar refractivity (Wildman–Crippen MR) is 235 cm³/mol. The van der Waals surface area contributed by atoms with Crippen molar-refractivity contribution >= 4 is 224 Å². The molecule has 0 heterocycles. The lowest BCUT2D eigenvalue weighted by atomic mass is 10.2. The topological polar surface area (TPSA) is 57.2 Å². The van der Waals surface area contributed by atoms with Crippen LogP contribution in [-0.4, -0.2) is 13.0 Å². The third-order valence-corrected chi connectivity index (χ3v) is 17.4. The van der Waals surface area contributed by atoms with Crippen molar-refractivity contribution in [2.45, 2.75) is 26.5 Å². The molecular weight excluding hydrogens is 1550 g/mol. The monoisotopic (exact) mass is 1570 g/mol. The highest BCUT2D eigenvalue weighted by Gasteiger charge is 2.40. The molecule has 0 fully saturated rings. The Morgan fingerprint density at radius 2 is 0.795 bits per heavy atom. The molecule has 206 valence electrons. The van der Waals surface area contributed by atoms with Crippen LogP contribution in [0.15, 0.2) is 80.2 Å². The number of halogens is 9. The van der Waals surface area contributed by atoms with Gasteiger partial charge in [0.15, 0.2) is 14.7 Å². The maximum Gasteiger partial charge on any atom is 0.193 e. The van der Waals surface area contributed by atoms with Gasteiger partial charge in [0.05, 0.1) is 26.3 Å². The van der Waals surface area contributed by atoms with Crippen LogP contribution in [0.3, 0.4) is 0 Å². The summed E-state index contributed by atoms with van der Waals surface area (Å²) in [6, 6.07) is 19.6. The molecule has 0 aliphatic rings. The zero-order chi connectivity index (χ0) is 29.2. The van der Waals surface area contributed by atoms with Gasteiger partial charge in [-0.05, 0) is 259 Å². The van der Waals surface area contributed by atoms with Crippen molar-refractivity contribution in [2.24, 2.45) is 0 Å². The standard InChI is InChI=1S/C18H6I9S.C7H8O3S/c19-7-1-10(22)16(11(23)2-7)28(17-12(24)3-8(20)4-13(17)25)18-14(26)5-9(21)6-15(18)27;1-6-2-4-7(5-3-6)11(8,9)10/h1-6H;2-5H,1H3,(H,8,9,10)/q+1;/p-1. The fourth-order valence-electron chi connectivity index (χ4n) is 3.18. The molecular formula is C25H13I9O3S2. The minimum atomic E-state index is -4.27. The van der Waals surface area contributed by atoms with Crippen LogP contribution in [0.2, 0.25) is 0 Å². The molecule has 4 rings (SSSR count). The molecule has 0 saturated heterocycles. The molecule has 0 spiro atoms. The molecule has 0 amide bonds. The van der Waals surface area contributed by atoms with E-state index in [4.69, 9.17) is 0 Å². The smallest absolute Gasteiger partial charge is 0.193 e. The Kier molecular flexibility index (Phi) is 15.7. The number of benzene rings is 4. The maximum atomic E-state index is 10.4. The minimum absolute atomic E-state index is 0.164. The molecule has 0 atom stereocenters. The fraction of sp³-hybridized carbons (Fsp3) is 0.0400. The average Bonchev–Trinajstić information content (AvgIpc) is 2.77. The second-order valence-electron chi connectivity index (χ2n) is 7.67. The summed E-state index contributed by atoms with van der Waals surface area (Å²) in [5, 5.41) is 0. The molecule has 0 N–H and O–H groups in total. The Labute approximate surface area is 354 Å². The van der Waals surface area contributed by atoms with Crippen LogP contribution in [0.4, 0.5) is 0 Å². The highest BCUT2D eigenvalue weighted by molar-refractivity contribution is 14.1. The quantitative estimate of drug-likeness (QED) is 0.116. The van der Waals surface area contributed by atoms with Gasteiger partial charge in [-0.25, -0.2) is 8.42 Å². The molecule has 4 aromatic carbocycles. The van der Waals surface area contributed by atoms with Crippen molar-refractivity contribution in [2.75, 3.05) is 0 Å². The Morgan fingerprint density at radius 1 is 0.538 bits per heavy atom. The van der Waals surface area contributed by atoms with E-state index < -0.39 is 10.1 Å². The normalized spacial score (nSPS) is 11.4. The first kappa shape index (κ1) is 37.2. The second-order valence-corrected chi connectivity index (χ2v) is 21.6. The van der Waals surface area contributed by atoms with Crippen molar-refractivity contribution < 1.29 is 13.0 Å². The number of hydrogen-bond acceptors (Lipinski definition) is 3. The highest BCUT2D eigenvalue weighted by Crippen LogP contribution is 2.44. The summed E-state index contributed by atoms with van der Waals surface area (Å²) in [5.41, 5.74) is 0.928. The van der Waals surface area contributed by atoms with Crippen molar-refractivity contribution in [3.05, 3.63) is 98.4 Å². The van der Waals surface area contributed by atoms with E-state index in [9.17, 15) is 13.0 Å². The summed E-state index contributed by atoms with van der Waals surface area (Å²) in [5.74, 6) is 0. The zero-order valence-electron chi connectivity index (χ0n) is 19.2. The van der Waals surface area contributed by atoms with Crippen LogP contribution in [0, 0.1) is 39.1 Å². The number of hydrogen-bond donors (Lipinski definition) is 0. The minimum Gasteiger partial charge on any atom is -0.744 e. The van der Waals surface area contributed by atoms with Gasteiger partial charge in [0.1, 0.15) is 21.0 Å². The van der Waals surface area contributed by atoms with E-state index in [0.717, 1.165) is 5.56 Å². The van der Waals surface area contributed by atoms with Crippen LogP contribution in [0.5, 0.6) is 0 Å². The molecule has 0 aliphatic carbocycles. The summed E-state index contributed by atoms with van der Waals surface area (Å²) < 4.78 is 43.1. The van der Waals surface area contributed by atoms with Gasteiger partial charge in [-0.1, -0.05) is 17.7 Å². The van der Waals surface area contributed by atoms with E-state index in [0.29, 0.717) is 0 Å². The van der Waals surface area contributed by atoms with E-state index >= 15 is 0 Å². The summed E-state index contributed by atoms with van der Waals surface area (Å²) in [6.07, 6.45) is 0. The zero-order valence-corrected chi connectivity index (χ0v) is 40.3. The van der Waals surface area contributed by atoms with Gasteiger partial charge >= 0.3 is 0 Å². The summed E-state index contributed by atoms with van der Waals surface area (Å²) in [4.78, 5) is 4.14. The van der Waals surface area contributed by atoms with E-state index in [2.05, 4.69) is 240 Å². The molecule has 0 aliphatic heterocycles. The average molecular weight is 1570 g/mol. The highest BCUT2D eigenvalue weighted by atomic mass is 127. The van der Waals surface area contributed by atoms with Crippen molar-refractivity contribution in [1.29, 1.82) is 0 Å². The number of rotatable bonds is 4. The van der Waals surface area contributed by atoms with Gasteiger partial charge in [0.25, 0.3) is 0 Å². The second kappa shape index (κ2) is 16.5. The molecule has 0 saturated carbocycles. The van der Waals surface area contributed by atoms with Gasteiger partial charge < -0.3 is 4.55 Å². The van der Waals surface area contributed by atoms with Crippen LogP contribution < -0.4 is 0 Å². The molecule has 14 heteroatoms. The van der Waals surface area contributed by atoms with Crippen LogP contribution in [-0.2, 0) is 21.0 Å². The molecule has 0 radical (unpaired) electrons. The van der Waals surface area contributed by atoms with E-state index in [-0.39, 0.29) is 15.8 Å². The maximum absolute atomic E-state index is 10.4. The molecule has 0 unspecified atom stereocenters. The molecule has 39 heavy (non-hydrogen) atoms. The van der Waals surface area contributed by atoms with Gasteiger partial charge in [-0.15, -0.1) is 0 Å². The van der Waals surface area contributed by atoms with Gasteiger partial charge in [0.2, 0.25) is 0 Å². The Morgan fingerprint density at radius 3 is 1.03 bits per heavy atom. The van der Waals surface area contributed by atoms with Crippen molar-refractivity contribution in [3.8, 4) is 0 Å². The summed E-state index contributed by atoms with van der Waals surface area (Å²) in [7, 11) is -4.43. The van der Waals surface area contributed by atoms with E-state index in [1.165, 1.54) is 59.0 Å². The first-order valence-electron chi connectivity index (χ1n) is 10.3. The van der Waals surface area contributed by atoms with Gasteiger partial charge in [-0.3, -0.25) is 0 Å². The lowest BCUT2D eigenvalue weighted by Gasteiger charge is -2.17. The molecule has 0 aromatic heterocycles. The first-order chi connectivity index (χ1) is 18.1. The lowest BCUT2D eigenvalue weighted by Crippen LogP contribution is -2.15. The SMILES string of the molecule is Cc1ccc(S(=O)(=O)[O-])cc1.Ic1cc(I)c([S+](c2c(I)cc(I)cc2I)c2c(I)cc(I)cc2I)c(I)c1. The molecule has 4 aromatic rings. The van der Waals surface area contributed by atoms with E-state index in [1.54, 1.807) is 12.1 Å². The largest absolute Gasteiger partial charge is 0.744 e. The summed E-state index contributed by atoms with van der Waals surface area (Å²) >= 11 is 22.4. The molecule has 3 nitrogen and oxygen atoms in total. The third kappa shape index (κ3) is 10.4. The first-order valence-corrected chi connectivity index (χ1v) is 22.6.